The van der Waals surface area contributed by atoms with E-state index in [1.807, 2.05) is 0 Å². The van der Waals surface area contributed by atoms with E-state index in [-0.39, 0.29) is 5.41 Å². The Morgan fingerprint density at radius 2 is 1.76 bits per heavy atom. The van der Waals surface area contributed by atoms with Gasteiger partial charge in [0.15, 0.2) is 6.20 Å². The van der Waals surface area contributed by atoms with Gasteiger partial charge in [0.2, 0.25) is 5.69 Å². The van der Waals surface area contributed by atoms with Crippen LogP contribution in [0.2, 0.25) is 0 Å². The van der Waals surface area contributed by atoms with Crippen molar-refractivity contribution in [2.75, 3.05) is 0 Å². The van der Waals surface area contributed by atoms with Crippen LogP contribution in [-0.4, -0.2) is 0 Å². The summed E-state index contributed by atoms with van der Waals surface area (Å²) in [5.41, 5.74) is 5.39. The monoisotopic (exact) mass is 324 g/mol. The van der Waals surface area contributed by atoms with E-state index in [0.717, 1.165) is 5.75 Å². The summed E-state index contributed by atoms with van der Waals surface area (Å²) >= 11 is 0. The van der Waals surface area contributed by atoms with Crippen molar-refractivity contribution in [3.8, 4) is 17.0 Å². The van der Waals surface area contributed by atoms with E-state index in [1.54, 1.807) is 0 Å². The molecule has 2 heteroatoms. The normalized spacial score (nSPS) is 16.1. The molecular weight excluding hydrogens is 306 g/mol. The first-order valence-corrected chi connectivity index (χ1v) is 8.81. The van der Waals surface area contributed by atoms with Crippen LogP contribution in [0, 0.1) is 0 Å². The molecule has 3 aromatic carbocycles. The number of aromatic nitrogens is 1. The Hall–Kier alpha value is -2.87. The van der Waals surface area contributed by atoms with Gasteiger partial charge < -0.3 is 4.74 Å². The van der Waals surface area contributed by atoms with E-state index in [4.69, 9.17) is 4.74 Å². The van der Waals surface area contributed by atoms with Gasteiger partial charge in [-0.1, -0.05) is 50.2 Å². The Bertz CT molecular complexity index is 1220. The summed E-state index contributed by atoms with van der Waals surface area (Å²) in [4.78, 5) is 0. The number of hydrogen-bond donors (Lipinski definition) is 0. The highest BCUT2D eigenvalue weighted by atomic mass is 16.5. The van der Waals surface area contributed by atoms with Crippen molar-refractivity contribution < 1.29 is 9.30 Å². The zero-order valence-electron chi connectivity index (χ0n) is 14.3. The van der Waals surface area contributed by atoms with Gasteiger partial charge >= 0.3 is 0 Å². The summed E-state index contributed by atoms with van der Waals surface area (Å²) in [6.07, 6.45) is 2.13. The van der Waals surface area contributed by atoms with Gasteiger partial charge in [0.05, 0.1) is 5.56 Å². The van der Waals surface area contributed by atoms with Crippen LogP contribution in [0.3, 0.4) is 0 Å². The van der Waals surface area contributed by atoms with Gasteiger partial charge in [-0.25, -0.2) is 0 Å². The molecule has 2 nitrogen and oxygen atoms in total. The second-order valence-electron chi connectivity index (χ2n) is 7.65. The number of pyridine rings is 1. The Labute approximate surface area is 146 Å². The zero-order chi connectivity index (χ0) is 16.8. The van der Waals surface area contributed by atoms with Crippen LogP contribution in [0.25, 0.3) is 32.8 Å². The van der Waals surface area contributed by atoms with Gasteiger partial charge in [0.1, 0.15) is 5.75 Å². The van der Waals surface area contributed by atoms with Crippen LogP contribution in [0.15, 0.2) is 60.8 Å². The summed E-state index contributed by atoms with van der Waals surface area (Å²) in [6, 6.07) is 19.8. The minimum Gasteiger partial charge on any atom is -0.434 e. The van der Waals surface area contributed by atoms with Crippen molar-refractivity contribution in [2.24, 2.45) is 0 Å². The SMILES string of the molecule is CC1(C)c2cc3ccc4ccccc4c3c3c2-c2c1ccc[n+]2CO3. The molecule has 0 radical (unpaired) electrons. The fourth-order valence-electron chi connectivity index (χ4n) is 4.73. The fraction of sp³-hybridized carbons (Fsp3) is 0.174. The molecule has 6 rings (SSSR count). The summed E-state index contributed by atoms with van der Waals surface area (Å²) in [6.45, 7) is 5.22. The smallest absolute Gasteiger partial charge is 0.292 e. The van der Waals surface area contributed by atoms with Crippen molar-refractivity contribution in [1.29, 1.82) is 0 Å². The lowest BCUT2D eigenvalue weighted by Gasteiger charge is -2.21. The maximum atomic E-state index is 6.34. The van der Waals surface area contributed by atoms with Crippen molar-refractivity contribution >= 4 is 21.5 Å². The molecule has 0 saturated heterocycles. The second-order valence-corrected chi connectivity index (χ2v) is 7.65. The van der Waals surface area contributed by atoms with Gasteiger partial charge in [0, 0.05) is 22.4 Å². The maximum absolute atomic E-state index is 6.34. The van der Waals surface area contributed by atoms with E-state index < -0.39 is 0 Å². The number of nitrogens with zero attached hydrogens (tertiary/aromatic N) is 1. The predicted molar refractivity (Wildman–Crippen MR) is 99.8 cm³/mol. The van der Waals surface area contributed by atoms with Gasteiger partial charge in [-0.05, 0) is 33.9 Å². The molecule has 0 amide bonds. The van der Waals surface area contributed by atoms with E-state index in [1.165, 1.54) is 43.9 Å². The van der Waals surface area contributed by atoms with Crippen LogP contribution in [-0.2, 0) is 12.1 Å². The molecule has 0 saturated carbocycles. The maximum Gasteiger partial charge on any atom is 0.292 e. The van der Waals surface area contributed by atoms with Crippen LogP contribution in [0.1, 0.15) is 25.0 Å². The zero-order valence-corrected chi connectivity index (χ0v) is 14.3. The molecule has 0 N–H and O–H groups in total. The summed E-state index contributed by atoms with van der Waals surface area (Å²) in [7, 11) is 0. The van der Waals surface area contributed by atoms with Crippen LogP contribution < -0.4 is 9.30 Å². The molecule has 0 bridgehead atoms. The van der Waals surface area contributed by atoms with Crippen LogP contribution >= 0.6 is 0 Å². The first kappa shape index (κ1) is 13.4. The topological polar surface area (TPSA) is 13.1 Å². The first-order valence-electron chi connectivity index (χ1n) is 8.81. The van der Waals surface area contributed by atoms with Gasteiger partial charge in [0.25, 0.3) is 6.73 Å². The molecule has 25 heavy (non-hydrogen) atoms. The molecule has 120 valence electrons. The second kappa shape index (κ2) is 4.20. The fourth-order valence-corrected chi connectivity index (χ4v) is 4.73. The molecule has 1 aliphatic heterocycles. The number of rotatable bonds is 0. The highest BCUT2D eigenvalue weighted by molar-refractivity contribution is 6.14. The Kier molecular flexibility index (Phi) is 2.26. The van der Waals surface area contributed by atoms with Gasteiger partial charge in [-0.2, -0.15) is 4.57 Å². The lowest BCUT2D eigenvalue weighted by atomic mass is 9.81. The Balaban J connectivity index is 1.89. The molecule has 4 aromatic rings. The Morgan fingerprint density at radius 1 is 0.920 bits per heavy atom. The largest absolute Gasteiger partial charge is 0.434 e. The van der Waals surface area contributed by atoms with Crippen molar-refractivity contribution in [1.82, 2.24) is 0 Å². The van der Waals surface area contributed by atoms with Crippen molar-refractivity contribution in [2.45, 2.75) is 26.0 Å². The molecule has 2 heterocycles. The quantitative estimate of drug-likeness (QED) is 0.330. The minimum atomic E-state index is -0.00401. The van der Waals surface area contributed by atoms with Gasteiger partial charge in [-0.3, -0.25) is 0 Å². The van der Waals surface area contributed by atoms with E-state index in [2.05, 4.69) is 79.2 Å². The standard InChI is InChI=1S/C23H18NO/c1-23(2)17-8-5-11-24-13-25-22-19-15(12-18(23)20(22)21(17)24)10-9-14-6-3-4-7-16(14)19/h3-12H,13H2,1-2H3/q+1. The minimum absolute atomic E-state index is 0.00401. The summed E-state index contributed by atoms with van der Waals surface area (Å²) in [5, 5.41) is 5.05. The highest BCUT2D eigenvalue weighted by Gasteiger charge is 2.46. The first-order chi connectivity index (χ1) is 12.2. The molecule has 1 aliphatic carbocycles. The third kappa shape index (κ3) is 1.49. The molecule has 0 atom stereocenters. The van der Waals surface area contributed by atoms with Crippen molar-refractivity contribution in [3.05, 3.63) is 71.9 Å². The summed E-state index contributed by atoms with van der Waals surface area (Å²) in [5.74, 6) is 1.06. The highest BCUT2D eigenvalue weighted by Crippen LogP contribution is 2.54. The third-order valence-corrected chi connectivity index (χ3v) is 5.99. The third-order valence-electron chi connectivity index (χ3n) is 5.99. The summed E-state index contributed by atoms with van der Waals surface area (Å²) < 4.78 is 8.58. The van der Waals surface area contributed by atoms with E-state index >= 15 is 0 Å². The molecule has 0 unspecified atom stereocenters. The van der Waals surface area contributed by atoms with E-state index in [9.17, 15) is 0 Å². The molecular formula is C23H18NO+. The molecule has 1 aromatic heterocycles. The van der Waals surface area contributed by atoms with E-state index in [0.29, 0.717) is 6.73 Å². The molecule has 2 aliphatic rings. The Morgan fingerprint density at radius 3 is 2.68 bits per heavy atom. The molecule has 0 spiro atoms. The molecule has 0 fully saturated rings. The lowest BCUT2D eigenvalue weighted by Crippen LogP contribution is -2.41. The number of benzene rings is 3. The lowest BCUT2D eigenvalue weighted by molar-refractivity contribution is -0.717. The average Bonchev–Trinajstić information content (AvgIpc) is 2.88. The predicted octanol–water partition coefficient (Wildman–Crippen LogP) is 4.94. The number of ether oxygens (including phenoxy) is 1. The van der Waals surface area contributed by atoms with Crippen molar-refractivity contribution in [3.63, 3.8) is 0 Å². The number of hydrogen-bond acceptors (Lipinski definition) is 1. The number of fused-ring (bicyclic) bond motifs is 4. The van der Waals surface area contributed by atoms with Gasteiger partial charge in [-0.15, -0.1) is 0 Å². The average molecular weight is 324 g/mol. The van der Waals surface area contributed by atoms with Crippen LogP contribution in [0.5, 0.6) is 5.75 Å². The van der Waals surface area contributed by atoms with Crippen LogP contribution in [0.4, 0.5) is 0 Å².